The summed E-state index contributed by atoms with van der Waals surface area (Å²) < 4.78 is 5.35. The topological polar surface area (TPSA) is 131 Å². The molecule has 2 atom stereocenters. The van der Waals surface area contributed by atoms with Crippen molar-refractivity contribution in [3.8, 4) is 0 Å². The predicted molar refractivity (Wildman–Crippen MR) is 110 cm³/mol. The monoisotopic (exact) mass is 418 g/mol. The molecule has 1 heterocycles. The van der Waals surface area contributed by atoms with Crippen molar-refractivity contribution < 1.29 is 23.9 Å². The molecule has 1 aliphatic rings. The van der Waals surface area contributed by atoms with Crippen molar-refractivity contribution in [1.29, 1.82) is 0 Å². The molecule has 1 fully saturated rings. The largest absolute Gasteiger partial charge is 0.445 e. The number of hydrogen-bond acceptors (Lipinski definition) is 5. The summed E-state index contributed by atoms with van der Waals surface area (Å²) in [5.74, 6) is -1.43. The Morgan fingerprint density at radius 3 is 2.53 bits per heavy atom. The first-order chi connectivity index (χ1) is 14.3. The minimum atomic E-state index is -0.820. The fourth-order valence-corrected chi connectivity index (χ4v) is 3.33. The SMILES string of the molecule is CC(C)C[C@H](NC(=O)[C@@H]1CCCN1C(=O)OCc1ccccc1)C(=O)NCC(N)=O. The molecular weight excluding hydrogens is 388 g/mol. The molecule has 4 amide bonds. The van der Waals surface area contributed by atoms with E-state index in [1.807, 2.05) is 44.2 Å². The molecule has 1 saturated heterocycles. The van der Waals surface area contributed by atoms with Crippen LogP contribution in [0.2, 0.25) is 0 Å². The van der Waals surface area contributed by atoms with Crippen LogP contribution in [0.15, 0.2) is 30.3 Å². The Morgan fingerprint density at radius 1 is 1.20 bits per heavy atom. The lowest BCUT2D eigenvalue weighted by Crippen LogP contribution is -2.54. The first-order valence-corrected chi connectivity index (χ1v) is 10.1. The molecule has 0 radical (unpaired) electrons. The third-order valence-corrected chi connectivity index (χ3v) is 4.77. The zero-order chi connectivity index (χ0) is 22.1. The highest BCUT2D eigenvalue weighted by Crippen LogP contribution is 2.20. The summed E-state index contributed by atoms with van der Waals surface area (Å²) in [5, 5.41) is 5.14. The van der Waals surface area contributed by atoms with E-state index in [4.69, 9.17) is 10.5 Å². The number of carbonyl (C=O) groups is 4. The van der Waals surface area contributed by atoms with Gasteiger partial charge in [-0.25, -0.2) is 4.79 Å². The van der Waals surface area contributed by atoms with Crippen molar-refractivity contribution >= 4 is 23.8 Å². The molecular formula is C21H30N4O5. The Morgan fingerprint density at radius 2 is 1.90 bits per heavy atom. The maximum atomic E-state index is 12.8. The molecule has 0 unspecified atom stereocenters. The fraction of sp³-hybridized carbons (Fsp3) is 0.524. The van der Waals surface area contributed by atoms with Crippen LogP contribution in [-0.2, 0) is 25.7 Å². The maximum Gasteiger partial charge on any atom is 0.410 e. The van der Waals surface area contributed by atoms with Gasteiger partial charge >= 0.3 is 6.09 Å². The van der Waals surface area contributed by atoms with Crippen LogP contribution in [0.25, 0.3) is 0 Å². The van der Waals surface area contributed by atoms with Crippen LogP contribution in [0, 0.1) is 5.92 Å². The predicted octanol–water partition coefficient (Wildman–Crippen LogP) is 0.920. The lowest BCUT2D eigenvalue weighted by atomic mass is 10.0. The summed E-state index contributed by atoms with van der Waals surface area (Å²) in [4.78, 5) is 50.0. The minimum Gasteiger partial charge on any atom is -0.445 e. The number of benzene rings is 1. The first kappa shape index (κ1) is 23.2. The molecule has 0 aliphatic carbocycles. The average Bonchev–Trinajstić information content (AvgIpc) is 3.20. The van der Waals surface area contributed by atoms with E-state index in [9.17, 15) is 19.2 Å². The molecule has 9 heteroatoms. The highest BCUT2D eigenvalue weighted by atomic mass is 16.6. The van der Waals surface area contributed by atoms with Crippen molar-refractivity contribution in [1.82, 2.24) is 15.5 Å². The minimum absolute atomic E-state index is 0.121. The number of amides is 4. The molecule has 1 aromatic carbocycles. The summed E-state index contributed by atoms with van der Waals surface area (Å²) >= 11 is 0. The zero-order valence-electron chi connectivity index (χ0n) is 17.4. The van der Waals surface area contributed by atoms with E-state index in [0.29, 0.717) is 25.8 Å². The van der Waals surface area contributed by atoms with E-state index in [0.717, 1.165) is 5.56 Å². The smallest absolute Gasteiger partial charge is 0.410 e. The number of carbonyl (C=O) groups excluding carboxylic acids is 4. The molecule has 1 aliphatic heterocycles. The molecule has 0 aromatic heterocycles. The van der Waals surface area contributed by atoms with Crippen molar-refractivity contribution in [2.45, 2.75) is 51.8 Å². The molecule has 9 nitrogen and oxygen atoms in total. The van der Waals surface area contributed by atoms with Gasteiger partial charge in [0.05, 0.1) is 6.54 Å². The lowest BCUT2D eigenvalue weighted by molar-refractivity contribution is -0.132. The van der Waals surface area contributed by atoms with E-state index in [-0.39, 0.29) is 19.1 Å². The number of rotatable bonds is 9. The second-order valence-electron chi connectivity index (χ2n) is 7.77. The van der Waals surface area contributed by atoms with Gasteiger partial charge in [-0.3, -0.25) is 19.3 Å². The van der Waals surface area contributed by atoms with Crippen LogP contribution < -0.4 is 16.4 Å². The molecule has 4 N–H and O–H groups in total. The van der Waals surface area contributed by atoms with Crippen LogP contribution in [0.1, 0.15) is 38.7 Å². The van der Waals surface area contributed by atoms with Gasteiger partial charge in [-0.2, -0.15) is 0 Å². The number of ether oxygens (including phenoxy) is 1. The number of nitrogens with two attached hydrogens (primary N) is 1. The molecule has 0 saturated carbocycles. The molecule has 0 spiro atoms. The quantitative estimate of drug-likeness (QED) is 0.549. The standard InChI is InChI=1S/C21H30N4O5/c1-14(2)11-16(19(27)23-12-18(22)26)24-20(28)17-9-6-10-25(17)21(29)30-13-15-7-4-3-5-8-15/h3-5,7-8,14,16-17H,6,9-13H2,1-2H3,(H2,22,26)(H,23,27)(H,24,28)/t16-,17-/m0/s1. The third kappa shape index (κ3) is 7.06. The zero-order valence-corrected chi connectivity index (χ0v) is 17.4. The van der Waals surface area contributed by atoms with Crippen LogP contribution in [0.4, 0.5) is 4.79 Å². The van der Waals surface area contributed by atoms with Gasteiger partial charge in [0.15, 0.2) is 0 Å². The molecule has 30 heavy (non-hydrogen) atoms. The van der Waals surface area contributed by atoms with Crippen LogP contribution in [-0.4, -0.2) is 53.9 Å². The summed E-state index contributed by atoms with van der Waals surface area (Å²) in [7, 11) is 0. The Bertz CT molecular complexity index is 753. The Kier molecular flexibility index (Phi) is 8.64. The number of nitrogens with zero attached hydrogens (tertiary/aromatic N) is 1. The third-order valence-electron chi connectivity index (χ3n) is 4.77. The second kappa shape index (κ2) is 11.2. The van der Waals surface area contributed by atoms with Gasteiger partial charge in [0.1, 0.15) is 18.7 Å². The number of primary amides is 1. The van der Waals surface area contributed by atoms with Crippen molar-refractivity contribution in [3.63, 3.8) is 0 Å². The summed E-state index contributed by atoms with van der Waals surface area (Å²) in [6, 6.07) is 7.76. The van der Waals surface area contributed by atoms with E-state index in [2.05, 4.69) is 10.6 Å². The van der Waals surface area contributed by atoms with Crippen LogP contribution in [0.5, 0.6) is 0 Å². The van der Waals surface area contributed by atoms with E-state index >= 15 is 0 Å². The van der Waals surface area contributed by atoms with E-state index in [1.165, 1.54) is 4.90 Å². The maximum absolute atomic E-state index is 12.8. The van der Waals surface area contributed by atoms with Gasteiger partial charge < -0.3 is 21.1 Å². The Hall–Kier alpha value is -3.10. The van der Waals surface area contributed by atoms with Gasteiger partial charge in [-0.1, -0.05) is 44.2 Å². The van der Waals surface area contributed by atoms with Crippen molar-refractivity contribution in [2.75, 3.05) is 13.1 Å². The summed E-state index contributed by atoms with van der Waals surface area (Å²) in [5.41, 5.74) is 5.92. The van der Waals surface area contributed by atoms with E-state index < -0.39 is 35.9 Å². The molecule has 1 aromatic rings. The Balaban J connectivity index is 1.96. The van der Waals surface area contributed by atoms with Crippen molar-refractivity contribution in [2.24, 2.45) is 11.7 Å². The van der Waals surface area contributed by atoms with E-state index in [1.54, 1.807) is 0 Å². The molecule has 2 rings (SSSR count). The van der Waals surface area contributed by atoms with Gasteiger partial charge in [0.25, 0.3) is 0 Å². The number of likely N-dealkylation sites (tertiary alicyclic amines) is 1. The first-order valence-electron chi connectivity index (χ1n) is 10.1. The van der Waals surface area contributed by atoms with Crippen molar-refractivity contribution in [3.05, 3.63) is 35.9 Å². The fourth-order valence-electron chi connectivity index (χ4n) is 3.33. The number of hydrogen-bond donors (Lipinski definition) is 3. The van der Waals surface area contributed by atoms with Crippen LogP contribution >= 0.6 is 0 Å². The van der Waals surface area contributed by atoms with Crippen LogP contribution in [0.3, 0.4) is 0 Å². The van der Waals surface area contributed by atoms with Gasteiger partial charge in [-0.15, -0.1) is 0 Å². The summed E-state index contributed by atoms with van der Waals surface area (Å²) in [6.07, 6.45) is 0.988. The highest BCUT2D eigenvalue weighted by Gasteiger charge is 2.36. The highest BCUT2D eigenvalue weighted by molar-refractivity contribution is 5.92. The number of nitrogens with one attached hydrogen (secondary N) is 2. The Labute approximate surface area is 176 Å². The molecule has 164 valence electrons. The van der Waals surface area contributed by atoms with Gasteiger partial charge in [-0.05, 0) is 30.7 Å². The summed E-state index contributed by atoms with van der Waals surface area (Å²) in [6.45, 7) is 4.07. The van der Waals surface area contributed by atoms with Gasteiger partial charge in [0.2, 0.25) is 17.7 Å². The average molecular weight is 418 g/mol. The normalized spacial score (nSPS) is 16.8. The second-order valence-corrected chi connectivity index (χ2v) is 7.77. The van der Waals surface area contributed by atoms with Gasteiger partial charge in [0, 0.05) is 6.54 Å². The lowest BCUT2D eigenvalue weighted by Gasteiger charge is -2.26. The molecule has 0 bridgehead atoms.